The average Bonchev–Trinajstić information content (AvgIpc) is 2.95. The van der Waals surface area contributed by atoms with Gasteiger partial charge in [0.25, 0.3) is 5.91 Å². The Hall–Kier alpha value is -1.76. The number of unbranched alkanes of at least 4 members (excludes halogenated alkanes) is 1. The highest BCUT2D eigenvalue weighted by Gasteiger charge is 2.14. The highest BCUT2D eigenvalue weighted by molar-refractivity contribution is 7.15. The third-order valence-corrected chi connectivity index (χ3v) is 3.81. The molecule has 0 bridgehead atoms. The van der Waals surface area contributed by atoms with Crippen LogP contribution in [0, 0.1) is 6.92 Å². The van der Waals surface area contributed by atoms with E-state index in [1.165, 1.54) is 11.3 Å². The molecule has 0 atom stereocenters. The summed E-state index contributed by atoms with van der Waals surface area (Å²) in [6.07, 6.45) is 4.68. The third kappa shape index (κ3) is 3.17. The van der Waals surface area contributed by atoms with Gasteiger partial charge in [0.15, 0.2) is 0 Å². The Morgan fingerprint density at radius 2 is 2.26 bits per heavy atom. The molecule has 0 aliphatic rings. The van der Waals surface area contributed by atoms with Gasteiger partial charge >= 0.3 is 0 Å². The van der Waals surface area contributed by atoms with Crippen LogP contribution in [0.5, 0.6) is 0 Å². The number of anilines is 1. The Balaban J connectivity index is 2.03. The van der Waals surface area contributed by atoms with Crippen LogP contribution in [-0.4, -0.2) is 25.9 Å². The van der Waals surface area contributed by atoms with E-state index in [9.17, 15) is 4.79 Å². The lowest BCUT2D eigenvalue weighted by molar-refractivity contribution is 0.102. The molecular formula is C12H17N5OS. The SMILES string of the molecule is CCCCc1nnc(NC(=O)c2cnn(C)c2C)s1. The second-order valence-corrected chi connectivity index (χ2v) is 5.39. The van der Waals surface area contributed by atoms with Gasteiger partial charge in [-0.1, -0.05) is 24.7 Å². The molecule has 0 saturated carbocycles. The van der Waals surface area contributed by atoms with Gasteiger partial charge in [-0.05, 0) is 13.3 Å². The highest BCUT2D eigenvalue weighted by Crippen LogP contribution is 2.18. The second-order valence-electron chi connectivity index (χ2n) is 4.33. The van der Waals surface area contributed by atoms with Crippen molar-refractivity contribution in [3.63, 3.8) is 0 Å². The number of aryl methyl sites for hydroxylation is 2. The lowest BCUT2D eigenvalue weighted by Crippen LogP contribution is -2.12. The maximum atomic E-state index is 12.0. The maximum absolute atomic E-state index is 12.0. The van der Waals surface area contributed by atoms with Crippen LogP contribution >= 0.6 is 11.3 Å². The first-order chi connectivity index (χ1) is 9.11. The van der Waals surface area contributed by atoms with Crippen molar-refractivity contribution in [3.05, 3.63) is 22.5 Å². The van der Waals surface area contributed by atoms with E-state index in [2.05, 4.69) is 27.5 Å². The first-order valence-electron chi connectivity index (χ1n) is 6.24. The highest BCUT2D eigenvalue weighted by atomic mass is 32.1. The lowest BCUT2D eigenvalue weighted by atomic mass is 10.2. The molecule has 0 fully saturated rings. The first kappa shape index (κ1) is 13.7. The predicted molar refractivity (Wildman–Crippen MR) is 74.4 cm³/mol. The fourth-order valence-electron chi connectivity index (χ4n) is 1.62. The molecule has 1 amide bonds. The fraction of sp³-hybridized carbons (Fsp3) is 0.500. The number of aromatic nitrogens is 4. The van der Waals surface area contributed by atoms with Gasteiger partial charge in [0, 0.05) is 19.2 Å². The molecule has 2 aromatic rings. The zero-order chi connectivity index (χ0) is 13.8. The van der Waals surface area contributed by atoms with Crippen molar-refractivity contribution >= 4 is 22.4 Å². The third-order valence-electron chi connectivity index (χ3n) is 2.91. The second kappa shape index (κ2) is 5.92. The number of carbonyl (C=O) groups is 1. The van der Waals surface area contributed by atoms with Crippen LogP contribution in [0.1, 0.15) is 40.8 Å². The van der Waals surface area contributed by atoms with Crippen LogP contribution in [0.15, 0.2) is 6.20 Å². The van der Waals surface area contributed by atoms with Gasteiger partial charge in [0.2, 0.25) is 5.13 Å². The fourth-order valence-corrected chi connectivity index (χ4v) is 2.40. The molecular weight excluding hydrogens is 262 g/mol. The Bertz CT molecular complexity index is 574. The number of nitrogens with one attached hydrogen (secondary N) is 1. The molecule has 0 saturated heterocycles. The summed E-state index contributed by atoms with van der Waals surface area (Å²) in [5, 5.41) is 16.4. The standard InChI is InChI=1S/C12H17N5OS/c1-4-5-6-10-15-16-12(19-10)14-11(18)9-7-13-17(3)8(9)2/h7H,4-6H2,1-3H3,(H,14,16,18). The van der Waals surface area contributed by atoms with Gasteiger partial charge in [-0.15, -0.1) is 10.2 Å². The minimum absolute atomic E-state index is 0.191. The van der Waals surface area contributed by atoms with Crippen LogP contribution in [0.4, 0.5) is 5.13 Å². The van der Waals surface area contributed by atoms with Crippen molar-refractivity contribution in [1.29, 1.82) is 0 Å². The van der Waals surface area contributed by atoms with Gasteiger partial charge in [-0.2, -0.15) is 5.10 Å². The van der Waals surface area contributed by atoms with Gasteiger partial charge in [-0.3, -0.25) is 14.8 Å². The van der Waals surface area contributed by atoms with E-state index in [-0.39, 0.29) is 5.91 Å². The summed E-state index contributed by atoms with van der Waals surface area (Å²) in [6.45, 7) is 3.99. The molecule has 0 spiro atoms. The Kier molecular flexibility index (Phi) is 4.26. The van der Waals surface area contributed by atoms with Crippen LogP contribution in [-0.2, 0) is 13.5 Å². The van der Waals surface area contributed by atoms with Crippen molar-refractivity contribution in [2.75, 3.05) is 5.32 Å². The zero-order valence-electron chi connectivity index (χ0n) is 11.3. The van der Waals surface area contributed by atoms with Gasteiger partial charge in [0.05, 0.1) is 11.8 Å². The Labute approximate surface area is 115 Å². The summed E-state index contributed by atoms with van der Waals surface area (Å²) in [6, 6.07) is 0. The Morgan fingerprint density at radius 1 is 1.47 bits per heavy atom. The topological polar surface area (TPSA) is 72.7 Å². The first-order valence-corrected chi connectivity index (χ1v) is 7.05. The van der Waals surface area contributed by atoms with E-state index < -0.39 is 0 Å². The smallest absolute Gasteiger partial charge is 0.260 e. The van der Waals surface area contributed by atoms with Crippen LogP contribution in [0.25, 0.3) is 0 Å². The monoisotopic (exact) mass is 279 g/mol. The van der Waals surface area contributed by atoms with E-state index >= 15 is 0 Å². The van der Waals surface area contributed by atoms with Gasteiger partial charge < -0.3 is 0 Å². The normalized spacial score (nSPS) is 10.7. The van der Waals surface area contributed by atoms with Crippen LogP contribution in [0.2, 0.25) is 0 Å². The molecule has 19 heavy (non-hydrogen) atoms. The predicted octanol–water partition coefficient (Wildman–Crippen LogP) is 2.17. The summed E-state index contributed by atoms with van der Waals surface area (Å²) >= 11 is 1.43. The molecule has 0 aliphatic carbocycles. The van der Waals surface area contributed by atoms with E-state index in [0.717, 1.165) is 30.0 Å². The summed E-state index contributed by atoms with van der Waals surface area (Å²) in [7, 11) is 1.81. The van der Waals surface area contributed by atoms with Crippen LogP contribution < -0.4 is 5.32 Å². The molecule has 2 heterocycles. The summed E-state index contributed by atoms with van der Waals surface area (Å²) in [5.41, 5.74) is 1.39. The van der Waals surface area contributed by atoms with Gasteiger partial charge in [0.1, 0.15) is 5.01 Å². The number of hydrogen-bond acceptors (Lipinski definition) is 5. The molecule has 2 aromatic heterocycles. The van der Waals surface area contributed by atoms with Crippen molar-refractivity contribution in [1.82, 2.24) is 20.0 Å². The minimum atomic E-state index is -0.191. The molecule has 2 rings (SSSR count). The van der Waals surface area contributed by atoms with Crippen molar-refractivity contribution < 1.29 is 4.79 Å². The van der Waals surface area contributed by atoms with Crippen LogP contribution in [0.3, 0.4) is 0 Å². The molecule has 0 aliphatic heterocycles. The number of carbonyl (C=O) groups excluding carboxylic acids is 1. The number of hydrogen-bond donors (Lipinski definition) is 1. The molecule has 102 valence electrons. The summed E-state index contributed by atoms with van der Waals surface area (Å²) in [5.74, 6) is -0.191. The van der Waals surface area contributed by atoms with Crippen molar-refractivity contribution in [2.45, 2.75) is 33.1 Å². The zero-order valence-corrected chi connectivity index (χ0v) is 12.1. The number of rotatable bonds is 5. The van der Waals surface area contributed by atoms with E-state index in [1.807, 2.05) is 6.92 Å². The quantitative estimate of drug-likeness (QED) is 0.910. The molecule has 1 N–H and O–H groups in total. The molecule has 0 radical (unpaired) electrons. The summed E-state index contributed by atoms with van der Waals surface area (Å²) < 4.78 is 1.67. The van der Waals surface area contributed by atoms with E-state index in [4.69, 9.17) is 0 Å². The maximum Gasteiger partial charge on any atom is 0.260 e. The molecule has 0 aromatic carbocycles. The minimum Gasteiger partial charge on any atom is -0.296 e. The number of nitrogens with zero attached hydrogens (tertiary/aromatic N) is 4. The van der Waals surface area contributed by atoms with E-state index in [1.54, 1.807) is 17.9 Å². The largest absolute Gasteiger partial charge is 0.296 e. The van der Waals surface area contributed by atoms with Crippen molar-refractivity contribution in [2.24, 2.45) is 7.05 Å². The lowest BCUT2D eigenvalue weighted by Gasteiger charge is -2.00. The molecule has 7 heteroatoms. The molecule has 6 nitrogen and oxygen atoms in total. The van der Waals surface area contributed by atoms with Gasteiger partial charge in [-0.25, -0.2) is 0 Å². The van der Waals surface area contributed by atoms with Crippen molar-refractivity contribution in [3.8, 4) is 0 Å². The Morgan fingerprint density at radius 3 is 2.89 bits per heavy atom. The van der Waals surface area contributed by atoms with E-state index in [0.29, 0.717) is 10.7 Å². The number of amides is 1. The average molecular weight is 279 g/mol. The summed E-state index contributed by atoms with van der Waals surface area (Å²) in [4.78, 5) is 12.0. The molecule has 0 unspecified atom stereocenters.